The molecule has 0 radical (unpaired) electrons. The molecular weight excluding hydrogens is 619 g/mol. The third kappa shape index (κ3) is 5.02. The molecule has 2 heterocycles. The van der Waals surface area contributed by atoms with E-state index < -0.39 is 0 Å². The molecule has 8 aromatic carbocycles. The molecule has 0 amide bonds. The molecule has 1 aliphatic rings. The highest BCUT2D eigenvalue weighted by Gasteiger charge is 2.22. The minimum absolute atomic E-state index is 0.0382. The summed E-state index contributed by atoms with van der Waals surface area (Å²) in [5, 5.41) is 11.4. The van der Waals surface area contributed by atoms with Crippen molar-refractivity contribution in [1.29, 1.82) is 0 Å². The lowest BCUT2D eigenvalue weighted by molar-refractivity contribution is 0.781. The number of rotatable bonds is 5. The van der Waals surface area contributed by atoms with E-state index in [2.05, 4.69) is 198 Å². The van der Waals surface area contributed by atoms with Gasteiger partial charge in [0.1, 0.15) is 5.84 Å². The highest BCUT2D eigenvalue weighted by molar-refractivity contribution is 6.28. The average Bonchev–Trinajstić information content (AvgIpc) is 3.57. The maximum Gasteiger partial charge on any atom is 0.134 e. The van der Waals surface area contributed by atoms with E-state index in [9.17, 15) is 0 Å². The van der Waals surface area contributed by atoms with Gasteiger partial charge in [0.05, 0.1) is 22.8 Å². The molecule has 1 unspecified atom stereocenters. The second-order valence-corrected chi connectivity index (χ2v) is 13.2. The quantitative estimate of drug-likeness (QED) is 0.197. The number of hydrogen-bond donors (Lipinski definition) is 1. The van der Waals surface area contributed by atoms with E-state index >= 15 is 0 Å². The second kappa shape index (κ2) is 12.0. The summed E-state index contributed by atoms with van der Waals surface area (Å²) in [4.78, 5) is 5.32. The average molecular weight is 652 g/mol. The summed E-state index contributed by atoms with van der Waals surface area (Å²) < 4.78 is 2.43. The minimum atomic E-state index is -0.0382. The molecule has 1 aliphatic heterocycles. The molecule has 3 nitrogen and oxygen atoms in total. The Bertz CT molecular complexity index is 2730. The Morgan fingerprint density at radius 3 is 1.73 bits per heavy atom. The Hall–Kier alpha value is -6.71. The number of hydrogen-bond acceptors (Lipinski definition) is 2. The SMILES string of the molecule is C1=C(c2cccc(-n3c4ccc5ccccc5c4c4c5ccccc5ccc43)c2)N=C(c2cccc(-c3ccccc3)c2)NC1c1ccccc1. The molecular formula is C48H33N3. The van der Waals surface area contributed by atoms with Crippen LogP contribution in [0.1, 0.15) is 22.7 Å². The van der Waals surface area contributed by atoms with Gasteiger partial charge in [-0.2, -0.15) is 0 Å². The molecule has 1 atom stereocenters. The largest absolute Gasteiger partial charge is 0.359 e. The van der Waals surface area contributed by atoms with Crippen molar-refractivity contribution >= 4 is 54.9 Å². The maximum atomic E-state index is 5.32. The standard InChI is InChI=1S/C48H33N3/c1-3-13-32(14-4-1)36-19-11-21-38(29-36)48-49-42(35-17-5-2-6-18-35)31-43(50-48)37-20-12-22-39(30-37)51-44-27-25-33-15-7-9-23-40(33)46(44)47-41-24-10-8-16-34(41)26-28-45(47)51/h1-31,42H,(H,49,50). The lowest BCUT2D eigenvalue weighted by atomic mass is 9.98. The molecule has 1 N–H and O–H groups in total. The van der Waals surface area contributed by atoms with Gasteiger partial charge >= 0.3 is 0 Å². The van der Waals surface area contributed by atoms with Crippen molar-refractivity contribution in [2.45, 2.75) is 6.04 Å². The summed E-state index contributed by atoms with van der Waals surface area (Å²) >= 11 is 0. The molecule has 240 valence electrons. The topological polar surface area (TPSA) is 29.3 Å². The van der Waals surface area contributed by atoms with Gasteiger partial charge in [0, 0.05) is 27.6 Å². The Kier molecular flexibility index (Phi) is 6.88. The Labute approximate surface area is 296 Å². The van der Waals surface area contributed by atoms with Crippen molar-refractivity contribution < 1.29 is 0 Å². The fourth-order valence-corrected chi connectivity index (χ4v) is 7.79. The lowest BCUT2D eigenvalue weighted by Crippen LogP contribution is -2.31. The summed E-state index contributed by atoms with van der Waals surface area (Å²) in [6, 6.07) is 65.2. The van der Waals surface area contributed by atoms with Crippen LogP contribution in [0.5, 0.6) is 0 Å². The van der Waals surface area contributed by atoms with Gasteiger partial charge in [-0.15, -0.1) is 0 Å². The first-order valence-corrected chi connectivity index (χ1v) is 17.5. The van der Waals surface area contributed by atoms with E-state index in [4.69, 9.17) is 4.99 Å². The summed E-state index contributed by atoms with van der Waals surface area (Å²) in [6.07, 6.45) is 2.26. The molecule has 1 aromatic heterocycles. The van der Waals surface area contributed by atoms with Gasteiger partial charge in [0.25, 0.3) is 0 Å². The number of benzene rings is 8. The van der Waals surface area contributed by atoms with Crippen LogP contribution >= 0.6 is 0 Å². The smallest absolute Gasteiger partial charge is 0.134 e. The van der Waals surface area contributed by atoms with E-state index in [1.807, 2.05) is 0 Å². The van der Waals surface area contributed by atoms with Crippen LogP contribution in [-0.2, 0) is 0 Å². The molecule has 9 aromatic rings. The van der Waals surface area contributed by atoms with Crippen LogP contribution in [0, 0.1) is 0 Å². The van der Waals surface area contributed by atoms with Crippen LogP contribution < -0.4 is 5.32 Å². The van der Waals surface area contributed by atoms with Gasteiger partial charge in [-0.3, -0.25) is 0 Å². The molecule has 0 spiro atoms. The van der Waals surface area contributed by atoms with Crippen molar-refractivity contribution in [1.82, 2.24) is 9.88 Å². The normalized spacial score (nSPS) is 14.5. The molecule has 10 rings (SSSR count). The van der Waals surface area contributed by atoms with E-state index in [0.717, 1.165) is 28.3 Å². The van der Waals surface area contributed by atoms with Crippen molar-refractivity contribution in [3.05, 3.63) is 205 Å². The van der Waals surface area contributed by atoms with Crippen molar-refractivity contribution in [3.63, 3.8) is 0 Å². The van der Waals surface area contributed by atoms with E-state index in [0.29, 0.717) is 0 Å². The van der Waals surface area contributed by atoms with Crippen LogP contribution in [-0.4, -0.2) is 10.4 Å². The summed E-state index contributed by atoms with van der Waals surface area (Å²) in [6.45, 7) is 0. The van der Waals surface area contributed by atoms with Crippen LogP contribution in [0.15, 0.2) is 193 Å². The Morgan fingerprint density at radius 1 is 0.451 bits per heavy atom. The summed E-state index contributed by atoms with van der Waals surface area (Å²) in [5.41, 5.74) is 10.1. The van der Waals surface area contributed by atoms with Crippen LogP contribution in [0.2, 0.25) is 0 Å². The number of aliphatic imine (C=N–C) groups is 1. The second-order valence-electron chi connectivity index (χ2n) is 13.2. The number of fused-ring (bicyclic) bond motifs is 7. The monoisotopic (exact) mass is 651 g/mol. The van der Waals surface area contributed by atoms with Crippen LogP contribution in [0.4, 0.5) is 0 Å². The maximum absolute atomic E-state index is 5.32. The predicted molar refractivity (Wildman–Crippen MR) is 215 cm³/mol. The molecule has 0 aliphatic carbocycles. The zero-order valence-electron chi connectivity index (χ0n) is 27.9. The summed E-state index contributed by atoms with van der Waals surface area (Å²) in [7, 11) is 0. The fraction of sp³-hybridized carbons (Fsp3) is 0.0208. The van der Waals surface area contributed by atoms with Crippen molar-refractivity contribution in [2.75, 3.05) is 0 Å². The van der Waals surface area contributed by atoms with Gasteiger partial charge in [-0.05, 0) is 74.6 Å². The molecule has 0 bridgehead atoms. The van der Waals surface area contributed by atoms with Gasteiger partial charge < -0.3 is 9.88 Å². The van der Waals surface area contributed by atoms with Gasteiger partial charge in [0.15, 0.2) is 0 Å². The van der Waals surface area contributed by atoms with Crippen molar-refractivity contribution in [3.8, 4) is 16.8 Å². The van der Waals surface area contributed by atoms with Crippen molar-refractivity contribution in [2.24, 2.45) is 4.99 Å². The third-order valence-corrected chi connectivity index (χ3v) is 10.2. The third-order valence-electron chi connectivity index (χ3n) is 10.2. The van der Waals surface area contributed by atoms with E-state index in [-0.39, 0.29) is 6.04 Å². The fourth-order valence-electron chi connectivity index (χ4n) is 7.79. The molecule has 0 fully saturated rings. The Balaban J connectivity index is 1.16. The number of aromatic nitrogens is 1. The number of amidine groups is 1. The molecule has 51 heavy (non-hydrogen) atoms. The van der Waals surface area contributed by atoms with Gasteiger partial charge in [0.2, 0.25) is 0 Å². The van der Waals surface area contributed by atoms with E-state index in [1.165, 1.54) is 60.0 Å². The first-order chi connectivity index (χ1) is 25.3. The highest BCUT2D eigenvalue weighted by atomic mass is 15.1. The first kappa shape index (κ1) is 29.2. The molecule has 0 saturated carbocycles. The predicted octanol–water partition coefficient (Wildman–Crippen LogP) is 11.9. The van der Waals surface area contributed by atoms with Crippen LogP contribution in [0.3, 0.4) is 0 Å². The highest BCUT2D eigenvalue weighted by Crippen LogP contribution is 2.41. The summed E-state index contributed by atoms with van der Waals surface area (Å²) in [5.74, 6) is 0.861. The number of nitrogens with zero attached hydrogens (tertiary/aromatic N) is 2. The number of nitrogens with one attached hydrogen (secondary N) is 1. The minimum Gasteiger partial charge on any atom is -0.359 e. The first-order valence-electron chi connectivity index (χ1n) is 17.5. The van der Waals surface area contributed by atoms with Crippen LogP contribution in [0.25, 0.3) is 65.9 Å². The van der Waals surface area contributed by atoms with E-state index in [1.54, 1.807) is 0 Å². The zero-order valence-corrected chi connectivity index (χ0v) is 27.9. The molecule has 3 heteroatoms. The zero-order chi connectivity index (χ0) is 33.7. The molecule has 0 saturated heterocycles. The van der Waals surface area contributed by atoms with Gasteiger partial charge in [-0.25, -0.2) is 4.99 Å². The lowest BCUT2D eigenvalue weighted by Gasteiger charge is -2.25. The Morgan fingerprint density at radius 2 is 1.02 bits per heavy atom. The van der Waals surface area contributed by atoms with Gasteiger partial charge in [-0.1, -0.05) is 152 Å².